The molecule has 1 aromatic rings. The van der Waals surface area contributed by atoms with Crippen molar-refractivity contribution >= 4 is 11.9 Å². The summed E-state index contributed by atoms with van der Waals surface area (Å²) in [7, 11) is 0. The van der Waals surface area contributed by atoms with Crippen LogP contribution in [0.25, 0.3) is 0 Å². The monoisotopic (exact) mass is 278 g/mol. The maximum Gasteiger partial charge on any atom is 0.335 e. The van der Waals surface area contributed by atoms with Gasteiger partial charge in [-0.05, 0) is 37.8 Å². The summed E-state index contributed by atoms with van der Waals surface area (Å²) in [6.07, 6.45) is 2.58. The Morgan fingerprint density at radius 3 is 2.70 bits per heavy atom. The fourth-order valence-corrected chi connectivity index (χ4v) is 1.96. The fraction of sp³-hybridized carbons (Fsp3) is 0.467. The third-order valence-corrected chi connectivity index (χ3v) is 3.03. The van der Waals surface area contributed by atoms with Crippen molar-refractivity contribution in [1.29, 1.82) is 0 Å². The molecular weight excluding hydrogens is 256 g/mol. The molecule has 1 aromatic carbocycles. The number of carbonyl (C=O) groups excluding carboxylic acids is 1. The summed E-state index contributed by atoms with van der Waals surface area (Å²) >= 11 is 0. The molecule has 0 aromatic heterocycles. The predicted molar refractivity (Wildman–Crippen MR) is 77.6 cm³/mol. The topological polar surface area (TPSA) is 92.4 Å². The van der Waals surface area contributed by atoms with Gasteiger partial charge in [-0.15, -0.1) is 0 Å². The van der Waals surface area contributed by atoms with Gasteiger partial charge in [-0.3, -0.25) is 4.79 Å². The number of carbonyl (C=O) groups is 2. The maximum atomic E-state index is 11.6. The summed E-state index contributed by atoms with van der Waals surface area (Å²) in [5.74, 6) is -0.956. The lowest BCUT2D eigenvalue weighted by molar-refractivity contribution is -0.121. The Morgan fingerprint density at radius 2 is 2.05 bits per heavy atom. The van der Waals surface area contributed by atoms with Crippen LogP contribution in [-0.2, 0) is 11.2 Å². The number of aromatic carboxylic acids is 1. The third-order valence-electron chi connectivity index (χ3n) is 3.03. The van der Waals surface area contributed by atoms with Crippen LogP contribution in [0.15, 0.2) is 24.3 Å². The van der Waals surface area contributed by atoms with E-state index in [2.05, 4.69) is 5.32 Å². The Kier molecular flexibility index (Phi) is 6.73. The van der Waals surface area contributed by atoms with E-state index < -0.39 is 5.97 Å². The highest BCUT2D eigenvalue weighted by atomic mass is 16.4. The van der Waals surface area contributed by atoms with Crippen molar-refractivity contribution in [1.82, 2.24) is 5.32 Å². The zero-order chi connectivity index (χ0) is 15.0. The van der Waals surface area contributed by atoms with Crippen LogP contribution in [0.1, 0.15) is 42.1 Å². The van der Waals surface area contributed by atoms with E-state index in [1.165, 1.54) is 0 Å². The lowest BCUT2D eigenvalue weighted by Crippen LogP contribution is -2.26. The van der Waals surface area contributed by atoms with Crippen molar-refractivity contribution in [3.63, 3.8) is 0 Å². The minimum Gasteiger partial charge on any atom is -0.478 e. The molecule has 0 radical (unpaired) electrons. The molecule has 0 spiro atoms. The lowest BCUT2D eigenvalue weighted by Gasteiger charge is -2.08. The van der Waals surface area contributed by atoms with Gasteiger partial charge in [0.1, 0.15) is 0 Å². The quantitative estimate of drug-likeness (QED) is 0.673. The number of benzene rings is 1. The zero-order valence-corrected chi connectivity index (χ0v) is 11.8. The van der Waals surface area contributed by atoms with Crippen LogP contribution in [0.2, 0.25) is 0 Å². The van der Waals surface area contributed by atoms with Crippen LogP contribution in [0, 0.1) is 0 Å². The molecular formula is C15H22N2O3. The number of rotatable bonds is 8. The highest BCUT2D eigenvalue weighted by molar-refractivity contribution is 5.89. The van der Waals surface area contributed by atoms with Gasteiger partial charge in [0.2, 0.25) is 5.91 Å². The van der Waals surface area contributed by atoms with Crippen molar-refractivity contribution < 1.29 is 14.7 Å². The molecule has 0 heterocycles. The molecule has 110 valence electrons. The van der Waals surface area contributed by atoms with Gasteiger partial charge in [0.25, 0.3) is 0 Å². The van der Waals surface area contributed by atoms with Crippen molar-refractivity contribution in [3.8, 4) is 0 Å². The molecule has 0 saturated carbocycles. The molecule has 5 heteroatoms. The van der Waals surface area contributed by atoms with Gasteiger partial charge in [0.15, 0.2) is 0 Å². The van der Waals surface area contributed by atoms with Gasteiger partial charge in [-0.1, -0.05) is 18.2 Å². The van der Waals surface area contributed by atoms with Crippen molar-refractivity contribution in [2.24, 2.45) is 5.73 Å². The average molecular weight is 278 g/mol. The molecule has 0 aliphatic heterocycles. The first-order chi connectivity index (χ1) is 9.50. The maximum absolute atomic E-state index is 11.6. The molecule has 1 unspecified atom stereocenters. The van der Waals surface area contributed by atoms with Crippen molar-refractivity contribution in [3.05, 3.63) is 35.4 Å². The third kappa shape index (κ3) is 5.84. The first-order valence-electron chi connectivity index (χ1n) is 6.84. The molecule has 0 bridgehead atoms. The van der Waals surface area contributed by atoms with Gasteiger partial charge in [0.05, 0.1) is 5.56 Å². The predicted octanol–water partition coefficient (Wildman–Crippen LogP) is 1.56. The van der Waals surface area contributed by atoms with Crippen LogP contribution in [0.3, 0.4) is 0 Å². The number of amides is 1. The van der Waals surface area contributed by atoms with Crippen LogP contribution in [0.5, 0.6) is 0 Å². The second-order valence-electron chi connectivity index (χ2n) is 4.93. The van der Waals surface area contributed by atoms with Crippen molar-refractivity contribution in [2.45, 2.75) is 38.6 Å². The smallest absolute Gasteiger partial charge is 0.335 e. The number of nitrogens with one attached hydrogen (secondary N) is 1. The molecule has 0 fully saturated rings. The molecule has 5 nitrogen and oxygen atoms in total. The summed E-state index contributed by atoms with van der Waals surface area (Å²) in [4.78, 5) is 22.6. The number of carboxylic acids is 1. The van der Waals surface area contributed by atoms with E-state index in [1.807, 2.05) is 6.92 Å². The van der Waals surface area contributed by atoms with E-state index in [-0.39, 0.29) is 11.9 Å². The summed E-state index contributed by atoms with van der Waals surface area (Å²) < 4.78 is 0. The molecule has 1 amide bonds. The van der Waals surface area contributed by atoms with E-state index in [4.69, 9.17) is 10.8 Å². The van der Waals surface area contributed by atoms with E-state index in [1.54, 1.807) is 24.3 Å². The largest absolute Gasteiger partial charge is 0.478 e. The van der Waals surface area contributed by atoms with Gasteiger partial charge in [-0.2, -0.15) is 0 Å². The molecule has 0 aliphatic carbocycles. The summed E-state index contributed by atoms with van der Waals surface area (Å²) in [5.41, 5.74) is 6.64. The molecule has 4 N–H and O–H groups in total. The number of nitrogens with two attached hydrogens (primary N) is 1. The average Bonchev–Trinajstić information content (AvgIpc) is 2.38. The standard InChI is InChI=1S/C15H22N2O3/c1-11(16)5-4-8-14(18)17-10-9-12-6-2-3-7-13(12)15(19)20/h2-3,6-7,11H,4-5,8-10,16H2,1H3,(H,17,18)(H,19,20). The second-order valence-corrected chi connectivity index (χ2v) is 4.93. The Morgan fingerprint density at radius 1 is 1.35 bits per heavy atom. The van der Waals surface area contributed by atoms with Crippen LogP contribution in [0.4, 0.5) is 0 Å². The highest BCUT2D eigenvalue weighted by Gasteiger charge is 2.09. The first-order valence-corrected chi connectivity index (χ1v) is 6.84. The van der Waals surface area contributed by atoms with Crippen LogP contribution < -0.4 is 11.1 Å². The van der Waals surface area contributed by atoms with E-state index >= 15 is 0 Å². The zero-order valence-electron chi connectivity index (χ0n) is 11.8. The van der Waals surface area contributed by atoms with E-state index in [0.717, 1.165) is 18.4 Å². The molecule has 0 aliphatic rings. The molecule has 1 rings (SSSR count). The van der Waals surface area contributed by atoms with Gasteiger partial charge < -0.3 is 16.2 Å². The first kappa shape index (κ1) is 16.2. The highest BCUT2D eigenvalue weighted by Crippen LogP contribution is 2.09. The number of hydrogen-bond acceptors (Lipinski definition) is 3. The van der Waals surface area contributed by atoms with Gasteiger partial charge in [0, 0.05) is 19.0 Å². The Bertz CT molecular complexity index is 458. The minimum absolute atomic E-state index is 0.0153. The molecule has 20 heavy (non-hydrogen) atoms. The molecule has 0 saturated heterocycles. The van der Waals surface area contributed by atoms with Crippen LogP contribution in [-0.4, -0.2) is 29.6 Å². The molecule has 1 atom stereocenters. The lowest BCUT2D eigenvalue weighted by atomic mass is 10.0. The van der Waals surface area contributed by atoms with E-state index in [9.17, 15) is 9.59 Å². The van der Waals surface area contributed by atoms with Crippen molar-refractivity contribution in [2.75, 3.05) is 6.54 Å². The second kappa shape index (κ2) is 8.32. The van der Waals surface area contributed by atoms with Crippen LogP contribution >= 0.6 is 0 Å². The minimum atomic E-state index is -0.941. The normalized spacial score (nSPS) is 11.9. The van der Waals surface area contributed by atoms with Gasteiger partial charge >= 0.3 is 5.97 Å². The Hall–Kier alpha value is -1.88. The fourth-order valence-electron chi connectivity index (χ4n) is 1.96. The van der Waals surface area contributed by atoms with Gasteiger partial charge in [-0.25, -0.2) is 4.79 Å². The summed E-state index contributed by atoms with van der Waals surface area (Å²) in [6.45, 7) is 2.36. The Labute approximate surface area is 119 Å². The summed E-state index contributed by atoms with van der Waals surface area (Å²) in [6, 6.07) is 6.95. The van der Waals surface area contributed by atoms with E-state index in [0.29, 0.717) is 24.9 Å². The number of carboxylic acid groups (broad SMARTS) is 1. The number of hydrogen-bond donors (Lipinski definition) is 3. The SMILES string of the molecule is CC(N)CCCC(=O)NCCc1ccccc1C(=O)O. The summed E-state index contributed by atoms with van der Waals surface area (Å²) in [5, 5.41) is 11.8. The Balaban J connectivity index is 2.34.